The predicted octanol–water partition coefficient (Wildman–Crippen LogP) is 2.35. The van der Waals surface area contributed by atoms with Crippen LogP contribution >= 0.6 is 0 Å². The van der Waals surface area contributed by atoms with Crippen LogP contribution in [0, 0.1) is 0 Å². The van der Waals surface area contributed by atoms with Gasteiger partial charge in [-0.25, -0.2) is 4.98 Å². The number of rotatable bonds is 1. The molecule has 0 saturated carbocycles. The van der Waals surface area contributed by atoms with E-state index < -0.39 is 17.8 Å². The van der Waals surface area contributed by atoms with Gasteiger partial charge < -0.3 is 5.73 Å². The van der Waals surface area contributed by atoms with Crippen LogP contribution in [0.1, 0.15) is 16.1 Å². The number of primary amides is 1. The second-order valence-electron chi connectivity index (χ2n) is 3.43. The van der Waals surface area contributed by atoms with E-state index in [2.05, 4.69) is 4.98 Å². The molecular formula is C11H7F3N2O. The van der Waals surface area contributed by atoms with E-state index in [1.54, 1.807) is 0 Å². The number of aromatic nitrogens is 1. The zero-order valence-corrected chi connectivity index (χ0v) is 8.45. The lowest BCUT2D eigenvalue weighted by Gasteiger charge is -2.07. The molecule has 0 spiro atoms. The summed E-state index contributed by atoms with van der Waals surface area (Å²) in [4.78, 5) is 14.5. The first-order valence-corrected chi connectivity index (χ1v) is 4.66. The number of carbonyl (C=O) groups is 1. The van der Waals surface area contributed by atoms with Crippen LogP contribution in [-0.4, -0.2) is 10.9 Å². The fraction of sp³-hybridized carbons (Fsp3) is 0.0909. The number of hydrogen-bond donors (Lipinski definition) is 1. The van der Waals surface area contributed by atoms with E-state index in [9.17, 15) is 18.0 Å². The molecular weight excluding hydrogens is 233 g/mol. The fourth-order valence-corrected chi connectivity index (χ4v) is 1.53. The molecule has 0 fully saturated rings. The van der Waals surface area contributed by atoms with Crippen molar-refractivity contribution in [3.8, 4) is 0 Å². The van der Waals surface area contributed by atoms with Crippen molar-refractivity contribution in [2.45, 2.75) is 6.18 Å². The van der Waals surface area contributed by atoms with Crippen LogP contribution in [0.5, 0.6) is 0 Å². The smallest absolute Gasteiger partial charge is 0.366 e. The van der Waals surface area contributed by atoms with Crippen molar-refractivity contribution in [3.63, 3.8) is 0 Å². The quantitative estimate of drug-likeness (QED) is 0.831. The molecule has 1 aromatic carbocycles. The number of halogens is 3. The number of nitrogens with zero attached hydrogens (tertiary/aromatic N) is 1. The maximum atomic E-state index is 12.4. The Morgan fingerprint density at radius 2 is 1.88 bits per heavy atom. The van der Waals surface area contributed by atoms with Crippen LogP contribution in [0.3, 0.4) is 0 Å². The molecule has 17 heavy (non-hydrogen) atoms. The van der Waals surface area contributed by atoms with Crippen molar-refractivity contribution in [2.75, 3.05) is 0 Å². The normalized spacial score (nSPS) is 11.7. The summed E-state index contributed by atoms with van der Waals surface area (Å²) in [5.41, 5.74) is 4.37. The van der Waals surface area contributed by atoms with E-state index in [-0.39, 0.29) is 11.1 Å². The Morgan fingerprint density at radius 3 is 2.47 bits per heavy atom. The highest BCUT2D eigenvalue weighted by molar-refractivity contribution is 6.05. The lowest BCUT2D eigenvalue weighted by Crippen LogP contribution is -2.12. The lowest BCUT2D eigenvalue weighted by molar-refractivity contribution is -0.140. The first kappa shape index (κ1) is 11.4. The van der Waals surface area contributed by atoms with Gasteiger partial charge in [-0.1, -0.05) is 6.07 Å². The molecule has 2 aromatic rings. The molecule has 6 heteroatoms. The van der Waals surface area contributed by atoms with E-state index in [0.29, 0.717) is 5.39 Å². The second kappa shape index (κ2) is 3.73. The van der Waals surface area contributed by atoms with Crippen LogP contribution in [0.4, 0.5) is 13.2 Å². The minimum atomic E-state index is -4.50. The minimum Gasteiger partial charge on any atom is -0.366 e. The zero-order valence-electron chi connectivity index (χ0n) is 8.45. The lowest BCUT2D eigenvalue weighted by atomic mass is 10.1. The average molecular weight is 240 g/mol. The van der Waals surface area contributed by atoms with Gasteiger partial charge in [0.15, 0.2) is 0 Å². The molecule has 0 unspecified atom stereocenters. The van der Waals surface area contributed by atoms with E-state index in [0.717, 1.165) is 6.07 Å². The van der Waals surface area contributed by atoms with E-state index in [4.69, 9.17) is 5.73 Å². The summed E-state index contributed by atoms with van der Waals surface area (Å²) in [7, 11) is 0. The third-order valence-corrected chi connectivity index (χ3v) is 2.29. The number of alkyl halides is 3. The van der Waals surface area contributed by atoms with Crippen molar-refractivity contribution < 1.29 is 18.0 Å². The molecule has 0 aliphatic carbocycles. The fourth-order valence-electron chi connectivity index (χ4n) is 1.53. The first-order valence-electron chi connectivity index (χ1n) is 4.66. The van der Waals surface area contributed by atoms with Gasteiger partial charge in [-0.3, -0.25) is 4.79 Å². The summed E-state index contributed by atoms with van der Waals surface area (Å²) in [5, 5.41) is 0.313. The molecule has 0 radical (unpaired) electrons. The van der Waals surface area contributed by atoms with Gasteiger partial charge in [0, 0.05) is 10.9 Å². The Kier molecular flexibility index (Phi) is 2.49. The molecule has 1 amide bonds. The van der Waals surface area contributed by atoms with Crippen LogP contribution < -0.4 is 5.73 Å². The van der Waals surface area contributed by atoms with Crippen LogP contribution in [-0.2, 0) is 6.18 Å². The van der Waals surface area contributed by atoms with Crippen molar-refractivity contribution in [3.05, 3.63) is 41.6 Å². The van der Waals surface area contributed by atoms with Gasteiger partial charge in [-0.2, -0.15) is 13.2 Å². The van der Waals surface area contributed by atoms with Gasteiger partial charge in [0.2, 0.25) is 5.91 Å². The first-order chi connectivity index (χ1) is 7.89. The van der Waals surface area contributed by atoms with Gasteiger partial charge in [0.05, 0.1) is 5.52 Å². The third kappa shape index (κ3) is 2.06. The number of pyridine rings is 1. The number of fused-ring (bicyclic) bond motifs is 1. The summed E-state index contributed by atoms with van der Waals surface area (Å²) < 4.78 is 37.3. The second-order valence-corrected chi connectivity index (χ2v) is 3.43. The number of benzene rings is 1. The standard InChI is InChI=1S/C11H7F3N2O/c12-11(13,14)9-5-4-6-7(10(15)17)2-1-3-8(6)16-9/h1-5H,(H2,15,17). The predicted molar refractivity (Wildman–Crippen MR) is 55.3 cm³/mol. The van der Waals surface area contributed by atoms with Crippen LogP contribution in [0.25, 0.3) is 10.9 Å². The molecule has 2 rings (SSSR count). The summed E-state index contributed by atoms with van der Waals surface area (Å²) in [5.74, 6) is -0.697. The molecule has 3 nitrogen and oxygen atoms in total. The van der Waals surface area contributed by atoms with E-state index in [1.807, 2.05) is 0 Å². The van der Waals surface area contributed by atoms with Crippen molar-refractivity contribution >= 4 is 16.8 Å². The molecule has 2 N–H and O–H groups in total. The highest BCUT2D eigenvalue weighted by Gasteiger charge is 2.32. The topological polar surface area (TPSA) is 56.0 Å². The Bertz CT molecular complexity index is 593. The van der Waals surface area contributed by atoms with Gasteiger partial charge >= 0.3 is 6.18 Å². The van der Waals surface area contributed by atoms with Gasteiger partial charge in [0.25, 0.3) is 0 Å². The SMILES string of the molecule is NC(=O)c1cccc2nc(C(F)(F)F)ccc12. The van der Waals surface area contributed by atoms with Crippen LogP contribution in [0.15, 0.2) is 30.3 Å². The number of amides is 1. The molecule has 0 saturated heterocycles. The third-order valence-electron chi connectivity index (χ3n) is 2.29. The minimum absolute atomic E-state index is 0.0936. The van der Waals surface area contributed by atoms with Gasteiger partial charge in [0.1, 0.15) is 5.69 Å². The molecule has 0 atom stereocenters. The zero-order chi connectivity index (χ0) is 12.6. The van der Waals surface area contributed by atoms with Gasteiger partial charge in [-0.05, 0) is 24.3 Å². The average Bonchev–Trinajstić information content (AvgIpc) is 2.26. The molecule has 0 aliphatic heterocycles. The Balaban J connectivity index is 2.69. The summed E-state index contributed by atoms with van der Waals surface area (Å²) in [6.07, 6.45) is -4.50. The van der Waals surface area contributed by atoms with Crippen molar-refractivity contribution in [1.29, 1.82) is 0 Å². The number of carbonyl (C=O) groups excluding carboxylic acids is 1. The van der Waals surface area contributed by atoms with E-state index >= 15 is 0 Å². The molecule has 0 aliphatic rings. The molecule has 88 valence electrons. The largest absolute Gasteiger partial charge is 0.433 e. The van der Waals surface area contributed by atoms with Crippen molar-refractivity contribution in [2.24, 2.45) is 5.73 Å². The molecule has 1 aromatic heterocycles. The Hall–Kier alpha value is -2.11. The molecule has 0 bridgehead atoms. The highest BCUT2D eigenvalue weighted by Crippen LogP contribution is 2.29. The summed E-state index contributed by atoms with van der Waals surface area (Å²) >= 11 is 0. The maximum Gasteiger partial charge on any atom is 0.433 e. The van der Waals surface area contributed by atoms with Crippen molar-refractivity contribution in [1.82, 2.24) is 4.98 Å². The maximum absolute atomic E-state index is 12.4. The number of hydrogen-bond acceptors (Lipinski definition) is 2. The monoisotopic (exact) mass is 240 g/mol. The Morgan fingerprint density at radius 1 is 1.18 bits per heavy atom. The summed E-state index contributed by atoms with van der Waals surface area (Å²) in [6.45, 7) is 0. The van der Waals surface area contributed by atoms with E-state index in [1.165, 1.54) is 24.3 Å². The van der Waals surface area contributed by atoms with Gasteiger partial charge in [-0.15, -0.1) is 0 Å². The van der Waals surface area contributed by atoms with Crippen LogP contribution in [0.2, 0.25) is 0 Å². The summed E-state index contributed by atoms with van der Waals surface area (Å²) in [6, 6.07) is 6.31. The Labute approximate surface area is 94.1 Å². The number of nitrogens with two attached hydrogens (primary N) is 1. The highest BCUT2D eigenvalue weighted by atomic mass is 19.4. The molecule has 1 heterocycles.